The van der Waals surface area contributed by atoms with Crippen LogP contribution in [-0.4, -0.2) is 49.8 Å². The number of aromatic nitrogens is 4. The number of carbonyl (C=O) groups is 2. The van der Waals surface area contributed by atoms with Crippen molar-refractivity contribution in [2.75, 3.05) is 18.4 Å². The van der Waals surface area contributed by atoms with Crippen molar-refractivity contribution in [2.24, 2.45) is 5.92 Å². The molecule has 0 atom stereocenters. The van der Waals surface area contributed by atoms with Crippen LogP contribution in [-0.2, 0) is 11.3 Å². The molecular weight excluding hydrogens is 400 g/mol. The van der Waals surface area contributed by atoms with Crippen LogP contribution in [0.25, 0.3) is 0 Å². The van der Waals surface area contributed by atoms with Crippen molar-refractivity contribution in [3.8, 4) is 0 Å². The van der Waals surface area contributed by atoms with Gasteiger partial charge in [0, 0.05) is 30.3 Å². The Hall–Kier alpha value is -3.07. The van der Waals surface area contributed by atoms with Crippen molar-refractivity contribution in [1.29, 1.82) is 0 Å². The second-order valence-corrected chi connectivity index (χ2v) is 8.42. The molecule has 1 fully saturated rings. The first-order valence-corrected chi connectivity index (χ1v) is 10.8. The smallest absolute Gasteiger partial charge is 0.253 e. The molecule has 3 aromatic rings. The van der Waals surface area contributed by atoms with E-state index in [1.165, 1.54) is 11.3 Å². The van der Waals surface area contributed by atoms with Gasteiger partial charge in [-0.25, -0.2) is 0 Å². The second-order valence-electron chi connectivity index (χ2n) is 7.58. The number of hydrogen-bond donors (Lipinski definition) is 1. The minimum Gasteiger partial charge on any atom is -0.339 e. The van der Waals surface area contributed by atoms with Crippen LogP contribution in [0.3, 0.4) is 0 Å². The van der Waals surface area contributed by atoms with E-state index in [2.05, 4.69) is 20.6 Å². The predicted octanol–water partition coefficient (Wildman–Crippen LogP) is 2.89. The number of likely N-dealkylation sites (tertiary alicyclic amines) is 1. The number of benzene rings is 1. The Morgan fingerprint density at radius 2 is 2.00 bits per heavy atom. The van der Waals surface area contributed by atoms with Crippen LogP contribution < -0.4 is 5.32 Å². The van der Waals surface area contributed by atoms with E-state index in [0.717, 1.165) is 17.0 Å². The Morgan fingerprint density at radius 3 is 2.67 bits per heavy atom. The van der Waals surface area contributed by atoms with Crippen molar-refractivity contribution in [1.82, 2.24) is 24.9 Å². The first-order valence-electron chi connectivity index (χ1n) is 9.96. The Morgan fingerprint density at radius 1 is 1.20 bits per heavy atom. The number of anilines is 1. The summed E-state index contributed by atoms with van der Waals surface area (Å²) in [4.78, 5) is 27.2. The maximum Gasteiger partial charge on any atom is 0.253 e. The molecule has 0 saturated carbocycles. The summed E-state index contributed by atoms with van der Waals surface area (Å²) in [5.74, 6) is -0.158. The third-order valence-corrected chi connectivity index (χ3v) is 5.96. The summed E-state index contributed by atoms with van der Waals surface area (Å²) < 4.78 is 1.95. The van der Waals surface area contributed by atoms with E-state index < -0.39 is 0 Å². The first-order chi connectivity index (χ1) is 14.5. The van der Waals surface area contributed by atoms with Crippen molar-refractivity contribution < 1.29 is 9.59 Å². The maximum absolute atomic E-state index is 13.0. The summed E-state index contributed by atoms with van der Waals surface area (Å²) >= 11 is 1.30. The third-order valence-electron chi connectivity index (χ3n) is 5.35. The lowest BCUT2D eigenvalue weighted by Gasteiger charge is -2.31. The average Bonchev–Trinajstić information content (AvgIpc) is 3.37. The van der Waals surface area contributed by atoms with Gasteiger partial charge in [0.05, 0.1) is 12.2 Å². The fourth-order valence-corrected chi connectivity index (χ4v) is 4.22. The second kappa shape index (κ2) is 8.74. The molecule has 30 heavy (non-hydrogen) atoms. The fourth-order valence-electron chi connectivity index (χ4n) is 3.77. The molecule has 156 valence electrons. The van der Waals surface area contributed by atoms with Gasteiger partial charge in [-0.3, -0.25) is 14.3 Å². The highest BCUT2D eigenvalue weighted by Crippen LogP contribution is 2.22. The molecule has 1 saturated heterocycles. The third kappa shape index (κ3) is 4.56. The Bertz CT molecular complexity index is 1040. The van der Waals surface area contributed by atoms with Gasteiger partial charge in [-0.05, 0) is 50.5 Å². The van der Waals surface area contributed by atoms with Crippen LogP contribution in [0, 0.1) is 19.8 Å². The van der Waals surface area contributed by atoms with Gasteiger partial charge in [-0.15, -0.1) is 10.2 Å². The molecule has 3 heterocycles. The molecule has 9 heteroatoms. The highest BCUT2D eigenvalue weighted by Gasteiger charge is 2.28. The molecular formula is C21H24N6O2S. The summed E-state index contributed by atoms with van der Waals surface area (Å²) in [5.41, 5.74) is 5.37. The van der Waals surface area contributed by atoms with Gasteiger partial charge in [0.15, 0.2) is 0 Å². The summed E-state index contributed by atoms with van der Waals surface area (Å²) in [6.45, 7) is 5.76. The number of nitrogens with one attached hydrogen (secondary N) is 1. The predicted molar refractivity (Wildman–Crippen MR) is 114 cm³/mol. The molecule has 1 aliphatic rings. The lowest BCUT2D eigenvalue weighted by molar-refractivity contribution is -0.121. The fraction of sp³-hybridized carbons (Fsp3) is 0.381. The minimum absolute atomic E-state index is 0.00759. The number of rotatable bonds is 5. The Kier molecular flexibility index (Phi) is 5.89. The molecule has 0 radical (unpaired) electrons. The Labute approximate surface area is 178 Å². The zero-order valence-electron chi connectivity index (χ0n) is 17.0. The molecule has 1 aliphatic heterocycles. The minimum atomic E-state index is -0.115. The van der Waals surface area contributed by atoms with Crippen molar-refractivity contribution >= 4 is 28.3 Å². The Balaban J connectivity index is 1.36. The average molecular weight is 425 g/mol. The lowest BCUT2D eigenvalue weighted by atomic mass is 9.95. The van der Waals surface area contributed by atoms with Gasteiger partial charge in [0.2, 0.25) is 11.0 Å². The number of nitrogens with zero attached hydrogens (tertiary/aromatic N) is 5. The van der Waals surface area contributed by atoms with E-state index in [1.807, 2.05) is 53.8 Å². The molecule has 1 N–H and O–H groups in total. The van der Waals surface area contributed by atoms with Crippen LogP contribution in [0.4, 0.5) is 5.13 Å². The standard InChI is InChI=1S/C21H24N6O2S/c1-14-10-15(2)27(25-14)12-16-4-3-5-18(11-16)20(29)26-8-6-17(7-9-26)19(28)23-21-24-22-13-30-21/h3-5,10-11,13,17H,6-9,12H2,1-2H3,(H,23,24,28). The van der Waals surface area contributed by atoms with Crippen LogP contribution >= 0.6 is 11.3 Å². The van der Waals surface area contributed by atoms with Crippen LogP contribution in [0.5, 0.6) is 0 Å². The van der Waals surface area contributed by atoms with E-state index in [1.54, 1.807) is 5.51 Å². The lowest BCUT2D eigenvalue weighted by Crippen LogP contribution is -2.41. The first kappa shape index (κ1) is 20.2. The molecule has 4 rings (SSSR count). The van der Waals surface area contributed by atoms with Gasteiger partial charge < -0.3 is 10.2 Å². The number of amides is 2. The van der Waals surface area contributed by atoms with Gasteiger partial charge in [0.25, 0.3) is 5.91 Å². The van der Waals surface area contributed by atoms with E-state index in [-0.39, 0.29) is 17.7 Å². The van der Waals surface area contributed by atoms with E-state index in [9.17, 15) is 9.59 Å². The quantitative estimate of drug-likeness (QED) is 0.680. The topological polar surface area (TPSA) is 93.0 Å². The maximum atomic E-state index is 13.0. The number of piperidine rings is 1. The van der Waals surface area contributed by atoms with Gasteiger partial charge in [-0.2, -0.15) is 5.10 Å². The highest BCUT2D eigenvalue weighted by molar-refractivity contribution is 7.13. The van der Waals surface area contributed by atoms with Crippen molar-refractivity contribution in [3.05, 3.63) is 58.4 Å². The molecule has 0 unspecified atom stereocenters. The monoisotopic (exact) mass is 424 g/mol. The van der Waals surface area contributed by atoms with Gasteiger partial charge >= 0.3 is 0 Å². The van der Waals surface area contributed by atoms with E-state index >= 15 is 0 Å². The summed E-state index contributed by atoms with van der Waals surface area (Å²) in [6.07, 6.45) is 1.28. The molecule has 0 aliphatic carbocycles. The summed E-state index contributed by atoms with van der Waals surface area (Å²) in [7, 11) is 0. The molecule has 0 bridgehead atoms. The van der Waals surface area contributed by atoms with E-state index in [4.69, 9.17) is 0 Å². The molecule has 8 nitrogen and oxygen atoms in total. The largest absolute Gasteiger partial charge is 0.339 e. The van der Waals surface area contributed by atoms with Crippen molar-refractivity contribution in [3.63, 3.8) is 0 Å². The number of carbonyl (C=O) groups excluding carboxylic acids is 2. The van der Waals surface area contributed by atoms with Crippen LogP contribution in [0.15, 0.2) is 35.8 Å². The normalized spacial score (nSPS) is 14.7. The van der Waals surface area contributed by atoms with E-state index in [0.29, 0.717) is 43.2 Å². The van der Waals surface area contributed by atoms with Crippen LogP contribution in [0.1, 0.15) is 40.2 Å². The number of hydrogen-bond acceptors (Lipinski definition) is 6. The molecule has 0 spiro atoms. The van der Waals surface area contributed by atoms with Gasteiger partial charge in [-0.1, -0.05) is 23.5 Å². The summed E-state index contributed by atoms with van der Waals surface area (Å²) in [6, 6.07) is 9.75. The zero-order chi connectivity index (χ0) is 21.1. The highest BCUT2D eigenvalue weighted by atomic mass is 32.1. The number of aryl methyl sites for hydroxylation is 2. The SMILES string of the molecule is Cc1cc(C)n(Cc2cccc(C(=O)N3CCC(C(=O)Nc4nncs4)CC3)c2)n1. The molecule has 2 aromatic heterocycles. The van der Waals surface area contributed by atoms with Crippen LogP contribution in [0.2, 0.25) is 0 Å². The van der Waals surface area contributed by atoms with Gasteiger partial charge in [0.1, 0.15) is 5.51 Å². The molecule has 2 amide bonds. The molecule has 1 aromatic carbocycles. The van der Waals surface area contributed by atoms with Crippen molar-refractivity contribution in [2.45, 2.75) is 33.2 Å². The zero-order valence-corrected chi connectivity index (χ0v) is 17.9. The summed E-state index contributed by atoms with van der Waals surface area (Å²) in [5, 5.41) is 15.4.